The van der Waals surface area contributed by atoms with Crippen molar-refractivity contribution in [2.75, 3.05) is 18.3 Å². The molecule has 0 N–H and O–H groups in total. The minimum atomic E-state index is 0. The van der Waals surface area contributed by atoms with Crippen molar-refractivity contribution in [3.8, 4) is 0 Å². The Morgan fingerprint density at radius 2 is 1.88 bits per heavy atom. The summed E-state index contributed by atoms with van der Waals surface area (Å²) < 4.78 is 0. The number of ketones is 1. The maximum Gasteiger partial charge on any atom is 0.178 e. The normalized spacial score (nSPS) is 8.50. The van der Waals surface area contributed by atoms with E-state index in [0.29, 0.717) is 16.7 Å². The van der Waals surface area contributed by atoms with Crippen LogP contribution in [0.25, 0.3) is 0 Å². The number of Topliss-reactive ketones (excluding diaryl/α,β-unsaturated/α-hetero) is 1. The molecule has 1 nitrogen and oxygen atoms in total. The molecule has 0 fully saturated rings. The topological polar surface area (TPSA) is 17.1 Å². The second-order valence-corrected chi connectivity index (χ2v) is 4.09. The Morgan fingerprint density at radius 3 is 1.88 bits per heavy atom. The van der Waals surface area contributed by atoms with Crippen LogP contribution in [0, 0.1) is 0 Å². The molecule has 8 heavy (non-hydrogen) atoms. The zero-order chi connectivity index (χ0) is 5.86. The van der Waals surface area contributed by atoms with Crippen LogP contribution < -0.4 is 17.0 Å². The van der Waals surface area contributed by atoms with Crippen molar-refractivity contribution in [1.82, 2.24) is 0 Å². The van der Waals surface area contributed by atoms with E-state index in [1.165, 1.54) is 0 Å². The van der Waals surface area contributed by atoms with Crippen molar-refractivity contribution < 1.29 is 21.8 Å². The number of carbonyl (C=O) groups excluding carboxylic acids is 1. The highest BCUT2D eigenvalue weighted by molar-refractivity contribution is 7.96. The summed E-state index contributed by atoms with van der Waals surface area (Å²) in [6.45, 7) is 1.63. The second kappa shape index (κ2) is 5.63. The summed E-state index contributed by atoms with van der Waals surface area (Å²) in [6.07, 6.45) is 4.14. The van der Waals surface area contributed by atoms with E-state index in [-0.39, 0.29) is 17.0 Å². The number of rotatable bonds is 2. The lowest BCUT2D eigenvalue weighted by Gasteiger charge is -1.87. The first-order chi connectivity index (χ1) is 3.13. The van der Waals surface area contributed by atoms with Crippen molar-refractivity contribution in [1.29, 1.82) is 0 Å². The van der Waals surface area contributed by atoms with Crippen LogP contribution in [0.3, 0.4) is 0 Å². The summed E-state index contributed by atoms with van der Waals surface area (Å²) in [5.74, 6) is 1.05. The molecule has 0 unspecified atom stereocenters. The molecule has 0 bridgehead atoms. The van der Waals surface area contributed by atoms with Crippen LogP contribution in [0.2, 0.25) is 0 Å². The van der Waals surface area contributed by atoms with Gasteiger partial charge in [0, 0.05) is 0 Å². The van der Waals surface area contributed by atoms with Gasteiger partial charge in [0.2, 0.25) is 0 Å². The smallest absolute Gasteiger partial charge is 0.178 e. The van der Waals surface area contributed by atoms with Crippen molar-refractivity contribution in [3.63, 3.8) is 0 Å². The molecule has 0 rings (SSSR count). The van der Waals surface area contributed by atoms with Gasteiger partial charge in [-0.15, -0.1) is 0 Å². The Balaban J connectivity index is 0. The van der Waals surface area contributed by atoms with Crippen LogP contribution in [0.1, 0.15) is 6.92 Å². The van der Waals surface area contributed by atoms with E-state index in [1.807, 2.05) is 0 Å². The van der Waals surface area contributed by atoms with E-state index < -0.39 is 0 Å². The molecule has 0 atom stereocenters. The van der Waals surface area contributed by atoms with Crippen LogP contribution in [-0.4, -0.2) is 24.0 Å². The van der Waals surface area contributed by atoms with E-state index in [2.05, 4.69) is 12.5 Å². The Kier molecular flexibility index (Phi) is 7.97. The van der Waals surface area contributed by atoms with Gasteiger partial charge in [-0.25, -0.2) is 0 Å². The summed E-state index contributed by atoms with van der Waals surface area (Å²) >= 11 is 0. The lowest BCUT2D eigenvalue weighted by Crippen LogP contribution is -3.00. The molecule has 3 heteroatoms. The fraction of sp³-hybridized carbons (Fsp3) is 0.800. The van der Waals surface area contributed by atoms with Crippen molar-refractivity contribution in [2.45, 2.75) is 6.92 Å². The Bertz CT molecular complexity index is 72.8. The van der Waals surface area contributed by atoms with Crippen LogP contribution >= 0.6 is 0 Å². The van der Waals surface area contributed by atoms with Crippen LogP contribution in [-0.2, 0) is 15.7 Å². The molecule has 0 radical (unpaired) electrons. The van der Waals surface area contributed by atoms with Crippen LogP contribution in [0.5, 0.6) is 0 Å². The molecule has 0 heterocycles. The first-order valence-electron chi connectivity index (χ1n) is 2.16. The predicted octanol–water partition coefficient (Wildman–Crippen LogP) is -2.54. The van der Waals surface area contributed by atoms with Crippen molar-refractivity contribution in [3.05, 3.63) is 0 Å². The fourth-order valence-electron chi connectivity index (χ4n) is 0.407. The van der Waals surface area contributed by atoms with Gasteiger partial charge in [-0.1, -0.05) is 0 Å². The van der Waals surface area contributed by atoms with Gasteiger partial charge in [-0.05, 0) is 17.8 Å². The molecule has 0 aromatic carbocycles. The first-order valence-corrected chi connectivity index (χ1v) is 4.37. The molecule has 0 aliphatic rings. The van der Waals surface area contributed by atoms with Gasteiger partial charge >= 0.3 is 0 Å². The van der Waals surface area contributed by atoms with Gasteiger partial charge in [0.05, 0.1) is 12.5 Å². The summed E-state index contributed by atoms with van der Waals surface area (Å²) in [7, 11) is 0.305. The molecule has 0 saturated carbocycles. The van der Waals surface area contributed by atoms with Crippen molar-refractivity contribution in [2.24, 2.45) is 0 Å². The average Bonchev–Trinajstić information content (AvgIpc) is 1.27. The molecule has 0 aromatic heterocycles. The lowest BCUT2D eigenvalue weighted by molar-refractivity contribution is -0.114. The molecular formula is C5H11BrOS. The highest BCUT2D eigenvalue weighted by atomic mass is 79.9. The monoisotopic (exact) mass is 198 g/mol. The second-order valence-electron chi connectivity index (χ2n) is 1.83. The minimum Gasteiger partial charge on any atom is -1.00 e. The number of hydrogen-bond acceptors (Lipinski definition) is 1. The number of carbonyl (C=O) groups is 1. The maximum absolute atomic E-state index is 10.3. The molecule has 0 aromatic rings. The summed E-state index contributed by atoms with van der Waals surface area (Å²) in [4.78, 5) is 10.3. The quantitative estimate of drug-likeness (QED) is 0.448. The van der Waals surface area contributed by atoms with Gasteiger partial charge in [-0.3, -0.25) is 4.79 Å². The van der Waals surface area contributed by atoms with Gasteiger partial charge in [-0.2, -0.15) is 0 Å². The average molecular weight is 199 g/mol. The third kappa shape index (κ3) is 9.71. The predicted molar refractivity (Wildman–Crippen MR) is 34.8 cm³/mol. The van der Waals surface area contributed by atoms with E-state index in [1.54, 1.807) is 6.92 Å². The van der Waals surface area contributed by atoms with E-state index in [4.69, 9.17) is 0 Å². The third-order valence-corrected chi connectivity index (χ3v) is 1.48. The van der Waals surface area contributed by atoms with Gasteiger partial charge in [0.1, 0.15) is 0 Å². The summed E-state index contributed by atoms with van der Waals surface area (Å²) in [5, 5.41) is 0. The highest BCUT2D eigenvalue weighted by Gasteiger charge is 2.03. The molecule has 0 spiro atoms. The molecule has 0 saturated heterocycles. The maximum atomic E-state index is 10.3. The van der Waals surface area contributed by atoms with E-state index in [0.717, 1.165) is 5.75 Å². The Morgan fingerprint density at radius 1 is 1.50 bits per heavy atom. The van der Waals surface area contributed by atoms with Crippen LogP contribution in [0.15, 0.2) is 0 Å². The standard InChI is InChI=1S/C5H11OS.BrH/c1-5(6)4-7(2)3;/h4H2,1-3H3;1H/q+1;/p-1. The molecule has 50 valence electrons. The number of halogens is 1. The van der Waals surface area contributed by atoms with Crippen LogP contribution in [0.4, 0.5) is 0 Å². The van der Waals surface area contributed by atoms with Crippen molar-refractivity contribution >= 4 is 16.7 Å². The van der Waals surface area contributed by atoms with Gasteiger partial charge in [0.25, 0.3) is 0 Å². The zero-order valence-electron chi connectivity index (χ0n) is 5.40. The molecule has 0 aliphatic heterocycles. The molecular weight excluding hydrogens is 188 g/mol. The first kappa shape index (κ1) is 11.3. The highest BCUT2D eigenvalue weighted by Crippen LogP contribution is 1.82. The molecule has 0 amide bonds. The summed E-state index contributed by atoms with van der Waals surface area (Å²) in [6, 6.07) is 0. The molecule has 0 aliphatic carbocycles. The third-order valence-electron chi connectivity index (χ3n) is 0.492. The number of hydrogen-bond donors (Lipinski definition) is 0. The van der Waals surface area contributed by atoms with E-state index >= 15 is 0 Å². The van der Waals surface area contributed by atoms with Gasteiger partial charge < -0.3 is 17.0 Å². The Labute approximate surface area is 64.0 Å². The van der Waals surface area contributed by atoms with Gasteiger partial charge in [0.15, 0.2) is 11.5 Å². The van der Waals surface area contributed by atoms with E-state index in [9.17, 15) is 4.79 Å². The minimum absolute atomic E-state index is 0. The largest absolute Gasteiger partial charge is 1.00 e. The SMILES string of the molecule is CC(=O)C[S+](C)C.[Br-]. The Hall–Kier alpha value is 0.500. The zero-order valence-corrected chi connectivity index (χ0v) is 7.80. The summed E-state index contributed by atoms with van der Waals surface area (Å²) in [5.41, 5.74) is 0. The fourth-order valence-corrected chi connectivity index (χ4v) is 1.22. The lowest BCUT2D eigenvalue weighted by atomic mass is 10.5.